The Kier molecular flexibility index (Phi) is 6.63. The predicted octanol–water partition coefficient (Wildman–Crippen LogP) is 4.15. The van der Waals surface area contributed by atoms with Crippen LogP contribution >= 0.6 is 11.8 Å². The maximum absolute atomic E-state index is 13.1. The van der Waals surface area contributed by atoms with E-state index in [0.717, 1.165) is 10.5 Å². The summed E-state index contributed by atoms with van der Waals surface area (Å²) < 4.78 is 13.1. The van der Waals surface area contributed by atoms with Crippen LogP contribution in [0.25, 0.3) is 4.91 Å². The van der Waals surface area contributed by atoms with Gasteiger partial charge in [0.25, 0.3) is 5.91 Å². The summed E-state index contributed by atoms with van der Waals surface area (Å²) in [5.74, 6) is -0.749. The van der Waals surface area contributed by atoms with Gasteiger partial charge in [0, 0.05) is 29.1 Å². The van der Waals surface area contributed by atoms with Gasteiger partial charge in [-0.3, -0.25) is 4.79 Å². The zero-order valence-electron chi connectivity index (χ0n) is 13.2. The second-order valence-electron chi connectivity index (χ2n) is 5.12. The van der Waals surface area contributed by atoms with Crippen molar-refractivity contribution in [3.63, 3.8) is 0 Å². The molecule has 0 saturated carbocycles. The number of benzene rings is 2. The van der Waals surface area contributed by atoms with Crippen LogP contribution in [0.4, 0.5) is 4.39 Å². The molecule has 0 aliphatic carbocycles. The Morgan fingerprint density at radius 1 is 1.17 bits per heavy atom. The summed E-state index contributed by atoms with van der Waals surface area (Å²) in [7, 11) is 0. The molecule has 0 bridgehead atoms. The van der Waals surface area contributed by atoms with Gasteiger partial charge in [-0.25, -0.2) is 4.39 Å². The SMILES string of the molecule is C=C(S/C=C(\N)CCNC(=O)c1cccc(F)c1)c1ccccc1. The van der Waals surface area contributed by atoms with Gasteiger partial charge in [0.15, 0.2) is 0 Å². The van der Waals surface area contributed by atoms with Crippen LogP contribution in [-0.4, -0.2) is 12.5 Å². The summed E-state index contributed by atoms with van der Waals surface area (Å²) >= 11 is 1.45. The van der Waals surface area contributed by atoms with Crippen LogP contribution in [0.5, 0.6) is 0 Å². The molecule has 0 saturated heterocycles. The molecule has 0 aromatic heterocycles. The Bertz CT molecular complexity index is 744. The largest absolute Gasteiger partial charge is 0.402 e. The molecule has 0 spiro atoms. The predicted molar refractivity (Wildman–Crippen MR) is 98.7 cm³/mol. The lowest BCUT2D eigenvalue weighted by atomic mass is 10.2. The Morgan fingerprint density at radius 2 is 1.88 bits per heavy atom. The fourth-order valence-corrected chi connectivity index (χ4v) is 2.63. The van der Waals surface area contributed by atoms with Crippen LogP contribution in [0.3, 0.4) is 0 Å². The summed E-state index contributed by atoms with van der Waals surface area (Å²) in [4.78, 5) is 12.8. The number of nitrogens with two attached hydrogens (primary N) is 1. The first-order valence-electron chi connectivity index (χ1n) is 7.45. The third-order valence-electron chi connectivity index (χ3n) is 3.23. The van der Waals surface area contributed by atoms with Gasteiger partial charge < -0.3 is 11.1 Å². The summed E-state index contributed by atoms with van der Waals surface area (Å²) in [6.07, 6.45) is 0.510. The third kappa shape index (κ3) is 5.59. The fraction of sp³-hybridized carbons (Fsp3) is 0.105. The van der Waals surface area contributed by atoms with E-state index < -0.39 is 5.82 Å². The molecule has 2 aromatic rings. The first kappa shape index (κ1) is 17.8. The van der Waals surface area contributed by atoms with Gasteiger partial charge in [0.1, 0.15) is 5.82 Å². The van der Waals surface area contributed by atoms with Crippen molar-refractivity contribution in [2.75, 3.05) is 6.54 Å². The van der Waals surface area contributed by atoms with E-state index in [0.29, 0.717) is 24.2 Å². The van der Waals surface area contributed by atoms with Crippen molar-refractivity contribution < 1.29 is 9.18 Å². The highest BCUT2D eigenvalue weighted by Crippen LogP contribution is 2.26. The number of hydrogen-bond acceptors (Lipinski definition) is 3. The lowest BCUT2D eigenvalue weighted by molar-refractivity contribution is 0.0953. The van der Waals surface area contributed by atoms with Gasteiger partial charge in [-0.05, 0) is 29.2 Å². The number of amides is 1. The number of nitrogens with one attached hydrogen (secondary N) is 1. The standard InChI is InChI=1S/C19H19FN2OS/c1-14(15-6-3-2-4-7-15)24-13-18(21)10-11-22-19(23)16-8-5-9-17(20)12-16/h2-9,12-13H,1,10-11,21H2,(H,22,23)/b18-13-. The molecule has 0 atom stereocenters. The highest BCUT2D eigenvalue weighted by molar-refractivity contribution is 8.10. The Hall–Kier alpha value is -2.53. The van der Waals surface area contributed by atoms with Gasteiger partial charge in [0.2, 0.25) is 0 Å². The van der Waals surface area contributed by atoms with Crippen molar-refractivity contribution in [2.24, 2.45) is 5.73 Å². The van der Waals surface area contributed by atoms with E-state index in [1.165, 1.54) is 30.0 Å². The zero-order chi connectivity index (χ0) is 17.4. The average Bonchev–Trinajstić information content (AvgIpc) is 2.60. The van der Waals surface area contributed by atoms with Gasteiger partial charge in [-0.1, -0.05) is 54.7 Å². The Labute approximate surface area is 145 Å². The quantitative estimate of drug-likeness (QED) is 0.795. The summed E-state index contributed by atoms with van der Waals surface area (Å²) in [6, 6.07) is 15.4. The third-order valence-corrected chi connectivity index (χ3v) is 4.18. The second kappa shape index (κ2) is 8.93. The van der Waals surface area contributed by atoms with Crippen LogP contribution in [-0.2, 0) is 0 Å². The number of hydrogen-bond donors (Lipinski definition) is 2. The smallest absolute Gasteiger partial charge is 0.251 e. The van der Waals surface area contributed by atoms with Crippen LogP contribution in [0.15, 0.2) is 72.3 Å². The molecule has 2 aromatic carbocycles. The van der Waals surface area contributed by atoms with E-state index in [2.05, 4.69) is 11.9 Å². The molecule has 3 nitrogen and oxygen atoms in total. The van der Waals surface area contributed by atoms with E-state index in [1.54, 1.807) is 6.07 Å². The minimum absolute atomic E-state index is 0.296. The van der Waals surface area contributed by atoms with Gasteiger partial charge in [-0.15, -0.1) is 0 Å². The maximum Gasteiger partial charge on any atom is 0.251 e. The topological polar surface area (TPSA) is 55.1 Å². The van der Waals surface area contributed by atoms with Crippen LogP contribution in [0.1, 0.15) is 22.3 Å². The molecule has 24 heavy (non-hydrogen) atoms. The molecular weight excluding hydrogens is 323 g/mol. The van der Waals surface area contributed by atoms with E-state index in [9.17, 15) is 9.18 Å². The normalized spacial score (nSPS) is 11.1. The van der Waals surface area contributed by atoms with E-state index in [1.807, 2.05) is 35.7 Å². The lowest BCUT2D eigenvalue weighted by Crippen LogP contribution is -2.25. The molecule has 0 aliphatic rings. The first-order valence-corrected chi connectivity index (χ1v) is 8.33. The lowest BCUT2D eigenvalue weighted by Gasteiger charge is -2.06. The molecule has 124 valence electrons. The minimum Gasteiger partial charge on any atom is -0.402 e. The molecule has 0 unspecified atom stereocenters. The van der Waals surface area contributed by atoms with Crippen molar-refractivity contribution in [3.05, 3.63) is 89.2 Å². The Balaban J connectivity index is 1.77. The van der Waals surface area contributed by atoms with E-state index in [4.69, 9.17) is 5.73 Å². The first-order chi connectivity index (χ1) is 11.6. The van der Waals surface area contributed by atoms with Crippen molar-refractivity contribution >= 4 is 22.6 Å². The Morgan fingerprint density at radius 3 is 2.58 bits per heavy atom. The minimum atomic E-state index is -0.433. The molecule has 0 radical (unpaired) electrons. The zero-order valence-corrected chi connectivity index (χ0v) is 14.0. The van der Waals surface area contributed by atoms with Crippen LogP contribution < -0.4 is 11.1 Å². The maximum atomic E-state index is 13.1. The van der Waals surface area contributed by atoms with Gasteiger partial charge >= 0.3 is 0 Å². The van der Waals surface area contributed by atoms with E-state index in [-0.39, 0.29) is 5.91 Å². The van der Waals surface area contributed by atoms with Crippen molar-refractivity contribution in [3.8, 4) is 0 Å². The molecule has 0 heterocycles. The number of rotatable bonds is 7. The number of thioether (sulfide) groups is 1. The summed E-state index contributed by atoms with van der Waals surface area (Å²) in [5.41, 5.74) is 7.93. The number of carbonyl (C=O) groups is 1. The monoisotopic (exact) mass is 342 g/mol. The van der Waals surface area contributed by atoms with Crippen molar-refractivity contribution in [1.82, 2.24) is 5.32 Å². The molecule has 0 fully saturated rings. The van der Waals surface area contributed by atoms with Gasteiger partial charge in [0.05, 0.1) is 0 Å². The fourth-order valence-electron chi connectivity index (χ4n) is 1.95. The molecule has 2 rings (SSSR count). The second-order valence-corrected chi connectivity index (χ2v) is 6.08. The molecule has 0 aliphatic heterocycles. The molecule has 5 heteroatoms. The van der Waals surface area contributed by atoms with Crippen LogP contribution in [0, 0.1) is 5.82 Å². The highest BCUT2D eigenvalue weighted by Gasteiger charge is 2.05. The molecule has 3 N–H and O–H groups in total. The van der Waals surface area contributed by atoms with Crippen LogP contribution in [0.2, 0.25) is 0 Å². The summed E-state index contributed by atoms with van der Waals surface area (Å²) in [5, 5.41) is 4.54. The number of halogens is 1. The highest BCUT2D eigenvalue weighted by atomic mass is 32.2. The van der Waals surface area contributed by atoms with Gasteiger partial charge in [-0.2, -0.15) is 0 Å². The molecular formula is C19H19FN2OS. The van der Waals surface area contributed by atoms with Crippen molar-refractivity contribution in [1.29, 1.82) is 0 Å². The van der Waals surface area contributed by atoms with Crippen molar-refractivity contribution in [2.45, 2.75) is 6.42 Å². The number of carbonyl (C=O) groups excluding carboxylic acids is 1. The van der Waals surface area contributed by atoms with E-state index >= 15 is 0 Å². The molecule has 1 amide bonds. The summed E-state index contributed by atoms with van der Waals surface area (Å²) in [6.45, 7) is 4.40. The average molecular weight is 342 g/mol.